The molecule has 3 rings (SSSR count). The first-order valence-corrected chi connectivity index (χ1v) is 8.66. The van der Waals surface area contributed by atoms with Gasteiger partial charge in [0, 0.05) is 24.8 Å². The number of amides is 2. The SMILES string of the molecule is CC(=O)N1CCc2cc(NC(C)C(=O)Nc3ccc(F)cc3Cl)ccc21. The molecule has 2 aromatic carbocycles. The topological polar surface area (TPSA) is 61.4 Å². The van der Waals surface area contributed by atoms with E-state index in [-0.39, 0.29) is 16.8 Å². The monoisotopic (exact) mass is 375 g/mol. The molecule has 5 nitrogen and oxygen atoms in total. The van der Waals surface area contributed by atoms with Gasteiger partial charge < -0.3 is 15.5 Å². The maximum absolute atomic E-state index is 13.1. The van der Waals surface area contributed by atoms with Gasteiger partial charge in [0.15, 0.2) is 0 Å². The van der Waals surface area contributed by atoms with Crippen molar-refractivity contribution in [2.24, 2.45) is 0 Å². The number of carbonyl (C=O) groups is 2. The van der Waals surface area contributed by atoms with Crippen LogP contribution in [0.1, 0.15) is 19.4 Å². The van der Waals surface area contributed by atoms with Crippen LogP contribution >= 0.6 is 11.6 Å². The lowest BCUT2D eigenvalue weighted by Crippen LogP contribution is -2.32. The minimum atomic E-state index is -0.528. The van der Waals surface area contributed by atoms with E-state index in [0.717, 1.165) is 29.4 Å². The van der Waals surface area contributed by atoms with Crippen LogP contribution in [-0.4, -0.2) is 24.4 Å². The van der Waals surface area contributed by atoms with Crippen molar-refractivity contribution in [1.82, 2.24) is 0 Å². The molecule has 0 spiro atoms. The number of anilines is 3. The number of nitrogens with one attached hydrogen (secondary N) is 2. The van der Waals surface area contributed by atoms with Gasteiger partial charge in [-0.2, -0.15) is 0 Å². The Hall–Kier alpha value is -2.60. The van der Waals surface area contributed by atoms with Crippen molar-refractivity contribution in [1.29, 1.82) is 0 Å². The molecule has 0 aliphatic carbocycles. The molecule has 2 N–H and O–H groups in total. The van der Waals surface area contributed by atoms with Crippen LogP contribution in [0.2, 0.25) is 5.02 Å². The van der Waals surface area contributed by atoms with E-state index in [4.69, 9.17) is 11.6 Å². The number of halogens is 2. The van der Waals surface area contributed by atoms with Gasteiger partial charge in [-0.05, 0) is 55.3 Å². The Morgan fingerprint density at radius 1 is 1.23 bits per heavy atom. The first-order valence-electron chi connectivity index (χ1n) is 8.28. The molecule has 136 valence electrons. The van der Waals surface area contributed by atoms with Crippen molar-refractivity contribution in [3.63, 3.8) is 0 Å². The molecule has 2 amide bonds. The summed E-state index contributed by atoms with van der Waals surface area (Å²) in [5, 5.41) is 5.96. The maximum Gasteiger partial charge on any atom is 0.246 e. The number of nitrogens with zero attached hydrogens (tertiary/aromatic N) is 1. The maximum atomic E-state index is 13.1. The lowest BCUT2D eigenvalue weighted by molar-refractivity contribution is -0.117. The fourth-order valence-corrected chi connectivity index (χ4v) is 3.18. The van der Waals surface area contributed by atoms with Crippen LogP contribution < -0.4 is 15.5 Å². The molecule has 1 aliphatic heterocycles. The Kier molecular flexibility index (Phi) is 5.13. The van der Waals surface area contributed by atoms with Crippen LogP contribution in [0.3, 0.4) is 0 Å². The van der Waals surface area contributed by atoms with Gasteiger partial charge in [-0.25, -0.2) is 4.39 Å². The quantitative estimate of drug-likeness (QED) is 0.853. The van der Waals surface area contributed by atoms with Crippen LogP contribution in [0, 0.1) is 5.82 Å². The summed E-state index contributed by atoms with van der Waals surface area (Å²) in [4.78, 5) is 25.7. The standard InChI is InChI=1S/C19H19ClFN3O2/c1-11(19(26)23-17-5-3-14(21)10-16(17)20)22-15-4-6-18-13(9-15)7-8-24(18)12(2)25/h3-6,9-11,22H,7-8H2,1-2H3,(H,23,26). The van der Waals surface area contributed by atoms with Crippen molar-refractivity contribution in [3.05, 3.63) is 52.8 Å². The Labute approximate surface area is 156 Å². The van der Waals surface area contributed by atoms with Gasteiger partial charge in [0.25, 0.3) is 0 Å². The van der Waals surface area contributed by atoms with Gasteiger partial charge in [0.1, 0.15) is 11.9 Å². The van der Waals surface area contributed by atoms with E-state index in [9.17, 15) is 14.0 Å². The van der Waals surface area contributed by atoms with Crippen molar-refractivity contribution in [2.45, 2.75) is 26.3 Å². The zero-order valence-electron chi connectivity index (χ0n) is 14.5. The smallest absolute Gasteiger partial charge is 0.246 e. The predicted molar refractivity (Wildman–Crippen MR) is 101 cm³/mol. The molecule has 26 heavy (non-hydrogen) atoms. The average Bonchev–Trinajstić information content (AvgIpc) is 3.00. The third-order valence-corrected chi connectivity index (χ3v) is 4.63. The minimum absolute atomic E-state index is 0.0216. The molecule has 0 saturated heterocycles. The third-order valence-electron chi connectivity index (χ3n) is 4.32. The van der Waals surface area contributed by atoms with Gasteiger partial charge in [-0.15, -0.1) is 0 Å². The van der Waals surface area contributed by atoms with E-state index in [1.807, 2.05) is 18.2 Å². The van der Waals surface area contributed by atoms with Crippen molar-refractivity contribution >= 4 is 40.5 Å². The van der Waals surface area contributed by atoms with Crippen molar-refractivity contribution in [2.75, 3.05) is 22.1 Å². The van der Waals surface area contributed by atoms with E-state index in [1.54, 1.807) is 18.7 Å². The molecule has 0 fully saturated rings. The predicted octanol–water partition coefficient (Wildman–Crippen LogP) is 3.83. The van der Waals surface area contributed by atoms with E-state index >= 15 is 0 Å². The molecule has 1 aliphatic rings. The molecule has 2 aromatic rings. The summed E-state index contributed by atoms with van der Waals surface area (Å²) in [5.74, 6) is -0.727. The fourth-order valence-electron chi connectivity index (χ4n) is 2.97. The van der Waals surface area contributed by atoms with Crippen LogP contribution in [-0.2, 0) is 16.0 Å². The normalized spacial score (nSPS) is 13.9. The summed E-state index contributed by atoms with van der Waals surface area (Å²) in [6.45, 7) is 3.95. The van der Waals surface area contributed by atoms with Crippen LogP contribution in [0.5, 0.6) is 0 Å². The number of rotatable bonds is 4. The van der Waals surface area contributed by atoms with E-state index in [2.05, 4.69) is 10.6 Å². The average molecular weight is 376 g/mol. The lowest BCUT2D eigenvalue weighted by Gasteiger charge is -2.18. The summed E-state index contributed by atoms with van der Waals surface area (Å²) in [6, 6.07) is 8.96. The summed E-state index contributed by atoms with van der Waals surface area (Å²) in [6.07, 6.45) is 0.788. The molecule has 0 aromatic heterocycles. The third kappa shape index (κ3) is 3.80. The van der Waals surface area contributed by atoms with Gasteiger partial charge >= 0.3 is 0 Å². The second-order valence-electron chi connectivity index (χ2n) is 6.24. The van der Waals surface area contributed by atoms with E-state index in [0.29, 0.717) is 12.2 Å². The van der Waals surface area contributed by atoms with Crippen LogP contribution in [0.25, 0.3) is 0 Å². The molecule has 0 radical (unpaired) electrons. The molecule has 0 bridgehead atoms. The molecular formula is C19H19ClFN3O2. The molecule has 1 unspecified atom stereocenters. The van der Waals surface area contributed by atoms with E-state index in [1.165, 1.54) is 12.1 Å². The minimum Gasteiger partial charge on any atom is -0.374 e. The first-order chi connectivity index (χ1) is 12.3. The highest BCUT2D eigenvalue weighted by Crippen LogP contribution is 2.30. The summed E-state index contributed by atoms with van der Waals surface area (Å²) in [5.41, 5.74) is 3.14. The Morgan fingerprint density at radius 3 is 2.69 bits per heavy atom. The van der Waals surface area contributed by atoms with Gasteiger partial charge in [-0.3, -0.25) is 9.59 Å². The zero-order chi connectivity index (χ0) is 18.8. The largest absolute Gasteiger partial charge is 0.374 e. The van der Waals surface area contributed by atoms with Gasteiger partial charge in [0.05, 0.1) is 10.7 Å². The zero-order valence-corrected chi connectivity index (χ0v) is 15.2. The number of fused-ring (bicyclic) bond motifs is 1. The van der Waals surface area contributed by atoms with Crippen LogP contribution in [0.4, 0.5) is 21.5 Å². The fraction of sp³-hybridized carbons (Fsp3) is 0.263. The molecular weight excluding hydrogens is 357 g/mol. The Morgan fingerprint density at radius 2 is 2.00 bits per heavy atom. The highest BCUT2D eigenvalue weighted by molar-refractivity contribution is 6.33. The number of hydrogen-bond acceptors (Lipinski definition) is 3. The highest BCUT2D eigenvalue weighted by atomic mass is 35.5. The number of hydrogen-bond donors (Lipinski definition) is 2. The first kappa shape index (κ1) is 18.2. The Bertz CT molecular complexity index is 872. The number of benzene rings is 2. The number of carbonyl (C=O) groups excluding carboxylic acids is 2. The lowest BCUT2D eigenvalue weighted by atomic mass is 10.1. The summed E-state index contributed by atoms with van der Waals surface area (Å²) in [7, 11) is 0. The summed E-state index contributed by atoms with van der Waals surface area (Å²) < 4.78 is 13.1. The second kappa shape index (κ2) is 7.33. The highest BCUT2D eigenvalue weighted by Gasteiger charge is 2.23. The van der Waals surface area contributed by atoms with Crippen molar-refractivity contribution < 1.29 is 14.0 Å². The molecule has 1 atom stereocenters. The van der Waals surface area contributed by atoms with Gasteiger partial charge in [-0.1, -0.05) is 11.6 Å². The molecule has 1 heterocycles. The van der Waals surface area contributed by atoms with E-state index < -0.39 is 11.9 Å². The summed E-state index contributed by atoms with van der Waals surface area (Å²) >= 11 is 5.93. The van der Waals surface area contributed by atoms with Crippen molar-refractivity contribution in [3.8, 4) is 0 Å². The van der Waals surface area contributed by atoms with Gasteiger partial charge in [0.2, 0.25) is 11.8 Å². The second-order valence-corrected chi connectivity index (χ2v) is 6.65. The van der Waals surface area contributed by atoms with Crippen LogP contribution in [0.15, 0.2) is 36.4 Å². The molecule has 7 heteroatoms. The Balaban J connectivity index is 1.67. The molecule has 0 saturated carbocycles.